The summed E-state index contributed by atoms with van der Waals surface area (Å²) in [5, 5.41) is 4.52. The number of nitrogens with zero attached hydrogens (tertiary/aromatic N) is 1. The van der Waals surface area contributed by atoms with E-state index in [1.54, 1.807) is 6.07 Å². The van der Waals surface area contributed by atoms with E-state index in [0.29, 0.717) is 21.9 Å². The summed E-state index contributed by atoms with van der Waals surface area (Å²) in [5.74, 6) is 0. The second kappa shape index (κ2) is 8.04. The zero-order chi connectivity index (χ0) is 35.3. The van der Waals surface area contributed by atoms with Crippen molar-refractivity contribution in [1.82, 2.24) is 4.98 Å². The van der Waals surface area contributed by atoms with Gasteiger partial charge in [-0.2, -0.15) is 0 Å². The Balaban J connectivity index is 1.57. The highest BCUT2D eigenvalue weighted by atomic mass is 16.3. The third kappa shape index (κ3) is 3.29. The molecular formula is C35H27NO. The van der Waals surface area contributed by atoms with Gasteiger partial charge in [0.25, 0.3) is 0 Å². The standard InChI is InChI=1S/C35H27NO/c1-20-9-14-26(22(3)17-20)30-18-31(36-19-23(30)4)28-15-10-21(2)32-29-16-13-25-12-11-24-7-5-6-8-27(24)33(25)35(29)37-34(28)32/h5-19H,1-4H3/i1D3,2D3,3D3,4D3. The smallest absolute Gasteiger partial charge is 0.145 e. The van der Waals surface area contributed by atoms with E-state index in [2.05, 4.69) is 4.98 Å². The number of furan rings is 1. The van der Waals surface area contributed by atoms with Crippen LogP contribution >= 0.6 is 0 Å². The van der Waals surface area contributed by atoms with Crippen LogP contribution in [0.3, 0.4) is 0 Å². The third-order valence-corrected chi connectivity index (χ3v) is 6.98. The SMILES string of the molecule is [2H]C([2H])([2H])c1ccc(-c2cc(-c3ccc(C([2H])([2H])[2H])c4c3oc3c4ccc4ccc5ccccc5c43)ncc2C([2H])([2H])[2H])c(C([2H])([2H])[2H])c1. The summed E-state index contributed by atoms with van der Waals surface area (Å²) in [5.41, 5.74) is 0.605. The molecule has 2 nitrogen and oxygen atoms in total. The van der Waals surface area contributed by atoms with Gasteiger partial charge in [-0.15, -0.1) is 0 Å². The fourth-order valence-electron chi connectivity index (χ4n) is 5.23. The summed E-state index contributed by atoms with van der Waals surface area (Å²) in [4.78, 5) is 4.48. The van der Waals surface area contributed by atoms with Gasteiger partial charge in [-0.25, -0.2) is 0 Å². The summed E-state index contributed by atoms with van der Waals surface area (Å²) in [6.45, 7) is -10.6. The number of aryl methyl sites for hydroxylation is 4. The number of aromatic nitrogens is 1. The molecule has 0 saturated carbocycles. The Morgan fingerprint density at radius 2 is 1.43 bits per heavy atom. The molecule has 0 atom stereocenters. The Bertz CT molecular complexity index is 2450. The molecule has 0 spiro atoms. The van der Waals surface area contributed by atoms with Crippen molar-refractivity contribution in [3.63, 3.8) is 0 Å². The van der Waals surface area contributed by atoms with Crippen LogP contribution in [-0.4, -0.2) is 4.98 Å². The van der Waals surface area contributed by atoms with E-state index >= 15 is 0 Å². The van der Waals surface area contributed by atoms with Crippen LogP contribution in [0.1, 0.15) is 38.7 Å². The Morgan fingerprint density at radius 3 is 2.32 bits per heavy atom. The zero-order valence-corrected chi connectivity index (χ0v) is 19.5. The van der Waals surface area contributed by atoms with Crippen molar-refractivity contribution in [1.29, 1.82) is 0 Å². The van der Waals surface area contributed by atoms with Crippen molar-refractivity contribution < 1.29 is 20.9 Å². The number of rotatable bonds is 2. The molecule has 0 aliphatic rings. The summed E-state index contributed by atoms with van der Waals surface area (Å²) in [6, 6.07) is 23.6. The predicted molar refractivity (Wildman–Crippen MR) is 156 cm³/mol. The van der Waals surface area contributed by atoms with Crippen LogP contribution in [0.4, 0.5) is 0 Å². The van der Waals surface area contributed by atoms with Gasteiger partial charge >= 0.3 is 0 Å². The molecule has 2 heterocycles. The van der Waals surface area contributed by atoms with E-state index < -0.39 is 27.4 Å². The molecular weight excluding hydrogens is 450 g/mol. The van der Waals surface area contributed by atoms with Crippen LogP contribution in [0.15, 0.2) is 95.5 Å². The molecule has 0 fully saturated rings. The van der Waals surface area contributed by atoms with Crippen molar-refractivity contribution in [3.05, 3.63) is 113 Å². The molecule has 5 aromatic carbocycles. The average Bonchev–Trinajstić information content (AvgIpc) is 3.41. The second-order valence-electron chi connectivity index (χ2n) is 9.17. The van der Waals surface area contributed by atoms with Gasteiger partial charge in [0.05, 0.1) is 5.69 Å². The highest BCUT2D eigenvalue weighted by molar-refractivity contribution is 6.24. The molecule has 0 N–H and O–H groups in total. The normalized spacial score (nSPS) is 17.9. The van der Waals surface area contributed by atoms with Gasteiger partial charge in [-0.3, -0.25) is 4.98 Å². The Kier molecular flexibility index (Phi) is 2.76. The van der Waals surface area contributed by atoms with E-state index in [9.17, 15) is 0 Å². The molecule has 0 unspecified atom stereocenters. The lowest BCUT2D eigenvalue weighted by atomic mass is 9.94. The minimum Gasteiger partial charge on any atom is -0.455 e. The molecule has 0 aliphatic carbocycles. The first-order valence-corrected chi connectivity index (χ1v) is 11.8. The first kappa shape index (κ1) is 12.7. The van der Waals surface area contributed by atoms with Gasteiger partial charge in [0.15, 0.2) is 0 Å². The van der Waals surface area contributed by atoms with Crippen molar-refractivity contribution >= 4 is 43.5 Å². The fourth-order valence-corrected chi connectivity index (χ4v) is 5.23. The zero-order valence-electron chi connectivity index (χ0n) is 31.5. The number of hydrogen-bond acceptors (Lipinski definition) is 2. The minimum absolute atomic E-state index is 0.0141. The topological polar surface area (TPSA) is 26.0 Å². The molecule has 2 heteroatoms. The van der Waals surface area contributed by atoms with E-state index in [1.807, 2.05) is 48.5 Å². The van der Waals surface area contributed by atoms with Gasteiger partial charge in [0, 0.05) is 44.4 Å². The quantitative estimate of drug-likeness (QED) is 0.226. The number of hydrogen-bond donors (Lipinski definition) is 0. The van der Waals surface area contributed by atoms with Crippen LogP contribution in [0.5, 0.6) is 0 Å². The minimum atomic E-state index is -2.79. The monoisotopic (exact) mass is 489 g/mol. The van der Waals surface area contributed by atoms with Crippen LogP contribution in [0, 0.1) is 27.4 Å². The molecule has 0 radical (unpaired) electrons. The van der Waals surface area contributed by atoms with Crippen molar-refractivity contribution in [3.8, 4) is 22.4 Å². The van der Waals surface area contributed by atoms with Crippen molar-refractivity contribution in [2.75, 3.05) is 0 Å². The van der Waals surface area contributed by atoms with E-state index in [0.717, 1.165) is 33.8 Å². The highest BCUT2D eigenvalue weighted by Crippen LogP contribution is 2.42. The third-order valence-electron chi connectivity index (χ3n) is 6.98. The Hall–Kier alpha value is -4.43. The molecule has 0 aliphatic heterocycles. The van der Waals surface area contributed by atoms with Gasteiger partial charge in [-0.05, 0) is 89.6 Å². The number of pyridine rings is 1. The number of benzene rings is 5. The van der Waals surface area contributed by atoms with Crippen LogP contribution in [0.2, 0.25) is 0 Å². The van der Waals surface area contributed by atoms with Gasteiger partial charge in [0.2, 0.25) is 0 Å². The fraction of sp³-hybridized carbons (Fsp3) is 0.114. The molecule has 0 amide bonds. The summed E-state index contributed by atoms with van der Waals surface area (Å²) in [7, 11) is 0. The average molecular weight is 490 g/mol. The molecule has 2 aromatic heterocycles. The van der Waals surface area contributed by atoms with Crippen LogP contribution in [-0.2, 0) is 0 Å². The Labute approximate surface area is 233 Å². The van der Waals surface area contributed by atoms with Crippen molar-refractivity contribution in [2.45, 2.75) is 27.4 Å². The lowest BCUT2D eigenvalue weighted by molar-refractivity contribution is 0.673. The van der Waals surface area contributed by atoms with Crippen LogP contribution in [0.25, 0.3) is 65.9 Å². The lowest BCUT2D eigenvalue weighted by Crippen LogP contribution is -1.93. The molecule has 7 aromatic rings. The highest BCUT2D eigenvalue weighted by Gasteiger charge is 2.19. The maximum absolute atomic E-state index is 8.34. The molecule has 0 bridgehead atoms. The predicted octanol–water partition coefficient (Wildman–Crippen LogP) is 9.86. The largest absolute Gasteiger partial charge is 0.455 e. The molecule has 7 rings (SSSR count). The first-order chi connectivity index (χ1) is 22.8. The van der Waals surface area contributed by atoms with Gasteiger partial charge in [-0.1, -0.05) is 72.3 Å². The summed E-state index contributed by atoms with van der Waals surface area (Å²) >= 11 is 0. The summed E-state index contributed by atoms with van der Waals surface area (Å²) in [6.07, 6.45) is 1.15. The summed E-state index contributed by atoms with van der Waals surface area (Å²) < 4.78 is 104. The molecule has 178 valence electrons. The number of fused-ring (bicyclic) bond motifs is 7. The maximum Gasteiger partial charge on any atom is 0.145 e. The molecule has 37 heavy (non-hydrogen) atoms. The van der Waals surface area contributed by atoms with Crippen LogP contribution < -0.4 is 0 Å². The molecule has 0 saturated heterocycles. The van der Waals surface area contributed by atoms with Gasteiger partial charge in [0.1, 0.15) is 11.2 Å². The lowest BCUT2D eigenvalue weighted by Gasteiger charge is -2.12. The maximum atomic E-state index is 8.34. The van der Waals surface area contributed by atoms with E-state index in [-0.39, 0.29) is 44.7 Å². The first-order valence-electron chi connectivity index (χ1n) is 17.8. The van der Waals surface area contributed by atoms with Gasteiger partial charge < -0.3 is 4.42 Å². The Morgan fingerprint density at radius 1 is 0.595 bits per heavy atom. The second-order valence-corrected chi connectivity index (χ2v) is 9.17. The van der Waals surface area contributed by atoms with Crippen molar-refractivity contribution in [2.24, 2.45) is 0 Å². The van der Waals surface area contributed by atoms with E-state index in [1.165, 1.54) is 24.3 Å². The van der Waals surface area contributed by atoms with E-state index in [4.69, 9.17) is 20.9 Å².